The van der Waals surface area contributed by atoms with Crippen LogP contribution in [0.2, 0.25) is 0 Å². The first-order valence-corrected chi connectivity index (χ1v) is 6.35. The molecule has 1 saturated carbocycles. The average molecular weight is 283 g/mol. The van der Waals surface area contributed by atoms with Crippen LogP contribution in [-0.4, -0.2) is 11.1 Å². The summed E-state index contributed by atoms with van der Waals surface area (Å²) in [4.78, 5) is 10.9. The molecule has 1 atom stereocenters. The van der Waals surface area contributed by atoms with Gasteiger partial charge in [-0.15, -0.1) is 0 Å². The summed E-state index contributed by atoms with van der Waals surface area (Å²) in [6.45, 7) is 2.04. The second kappa shape index (κ2) is 4.58. The smallest absolute Gasteiger partial charge is 0.303 e. The van der Waals surface area contributed by atoms with Crippen molar-refractivity contribution < 1.29 is 9.90 Å². The predicted octanol–water partition coefficient (Wildman–Crippen LogP) is 3.73. The quantitative estimate of drug-likeness (QED) is 0.914. The topological polar surface area (TPSA) is 37.3 Å². The normalized spacial score (nSPS) is 17.1. The summed E-state index contributed by atoms with van der Waals surface area (Å²) in [6.07, 6.45) is 2.59. The maximum absolute atomic E-state index is 10.9. The lowest BCUT2D eigenvalue weighted by Crippen LogP contribution is -2.08. The summed E-state index contributed by atoms with van der Waals surface area (Å²) in [5.74, 6) is 0.0636. The SMILES string of the molecule is Cc1ccc(C(CC(=O)O)C2CC2)cc1Br. The van der Waals surface area contributed by atoms with Crippen LogP contribution in [0.25, 0.3) is 0 Å². The van der Waals surface area contributed by atoms with Crippen molar-refractivity contribution >= 4 is 21.9 Å². The summed E-state index contributed by atoms with van der Waals surface area (Å²) >= 11 is 3.50. The van der Waals surface area contributed by atoms with E-state index in [0.29, 0.717) is 5.92 Å². The molecule has 3 heteroatoms. The molecule has 0 radical (unpaired) electrons. The number of rotatable bonds is 4. The third-order valence-electron chi connectivity index (χ3n) is 3.21. The molecule has 1 aliphatic carbocycles. The summed E-state index contributed by atoms with van der Waals surface area (Å²) in [5.41, 5.74) is 2.34. The van der Waals surface area contributed by atoms with Crippen molar-refractivity contribution in [1.82, 2.24) is 0 Å². The largest absolute Gasteiger partial charge is 0.481 e. The van der Waals surface area contributed by atoms with E-state index < -0.39 is 5.97 Å². The number of carbonyl (C=O) groups is 1. The van der Waals surface area contributed by atoms with Gasteiger partial charge in [-0.1, -0.05) is 28.1 Å². The van der Waals surface area contributed by atoms with Gasteiger partial charge in [-0.05, 0) is 48.8 Å². The van der Waals surface area contributed by atoms with Crippen LogP contribution in [0, 0.1) is 12.8 Å². The first kappa shape index (κ1) is 11.6. The number of aryl methyl sites for hydroxylation is 1. The van der Waals surface area contributed by atoms with Crippen molar-refractivity contribution in [3.05, 3.63) is 33.8 Å². The number of hydrogen-bond acceptors (Lipinski definition) is 1. The van der Waals surface area contributed by atoms with Gasteiger partial charge in [0.15, 0.2) is 0 Å². The minimum atomic E-state index is -0.700. The van der Waals surface area contributed by atoms with Gasteiger partial charge < -0.3 is 5.11 Å². The van der Waals surface area contributed by atoms with Gasteiger partial charge in [0.1, 0.15) is 0 Å². The van der Waals surface area contributed by atoms with Crippen LogP contribution >= 0.6 is 15.9 Å². The number of benzene rings is 1. The van der Waals surface area contributed by atoms with Crippen LogP contribution in [0.15, 0.2) is 22.7 Å². The number of aliphatic carboxylic acids is 1. The number of carboxylic acid groups (broad SMARTS) is 1. The van der Waals surface area contributed by atoms with Crippen molar-refractivity contribution in [1.29, 1.82) is 0 Å². The van der Waals surface area contributed by atoms with E-state index >= 15 is 0 Å². The molecule has 1 unspecified atom stereocenters. The van der Waals surface area contributed by atoms with Crippen LogP contribution in [0.5, 0.6) is 0 Å². The Morgan fingerprint density at radius 2 is 2.25 bits per heavy atom. The molecule has 1 N–H and O–H groups in total. The minimum Gasteiger partial charge on any atom is -0.481 e. The molecular formula is C13H15BrO2. The van der Waals surface area contributed by atoms with Gasteiger partial charge in [0.2, 0.25) is 0 Å². The molecule has 86 valence electrons. The predicted molar refractivity (Wildman–Crippen MR) is 66.6 cm³/mol. The second-order valence-corrected chi connectivity index (χ2v) is 5.40. The second-order valence-electron chi connectivity index (χ2n) is 4.55. The van der Waals surface area contributed by atoms with Crippen molar-refractivity contribution in [3.8, 4) is 0 Å². The lowest BCUT2D eigenvalue weighted by molar-refractivity contribution is -0.137. The Hall–Kier alpha value is -0.830. The van der Waals surface area contributed by atoms with Crippen LogP contribution in [0.3, 0.4) is 0 Å². The minimum absolute atomic E-state index is 0.189. The summed E-state index contributed by atoms with van der Waals surface area (Å²) in [5, 5.41) is 8.93. The fraction of sp³-hybridized carbons (Fsp3) is 0.462. The number of hydrogen-bond donors (Lipinski definition) is 1. The summed E-state index contributed by atoms with van der Waals surface area (Å²) < 4.78 is 1.07. The summed E-state index contributed by atoms with van der Waals surface area (Å²) in [7, 11) is 0. The van der Waals surface area contributed by atoms with E-state index in [4.69, 9.17) is 5.11 Å². The van der Waals surface area contributed by atoms with Crippen molar-refractivity contribution in [2.24, 2.45) is 5.92 Å². The van der Waals surface area contributed by atoms with Gasteiger partial charge >= 0.3 is 5.97 Å². The highest BCUT2D eigenvalue weighted by Crippen LogP contribution is 2.45. The van der Waals surface area contributed by atoms with Gasteiger partial charge in [0.05, 0.1) is 6.42 Å². The highest BCUT2D eigenvalue weighted by Gasteiger charge is 2.33. The van der Waals surface area contributed by atoms with Crippen molar-refractivity contribution in [2.75, 3.05) is 0 Å². The van der Waals surface area contributed by atoms with Gasteiger partial charge in [-0.2, -0.15) is 0 Å². The molecule has 1 aromatic rings. The molecule has 0 aliphatic heterocycles. The van der Waals surface area contributed by atoms with E-state index in [1.807, 2.05) is 6.92 Å². The van der Waals surface area contributed by atoms with Crippen molar-refractivity contribution in [2.45, 2.75) is 32.1 Å². The first-order valence-electron chi connectivity index (χ1n) is 5.56. The lowest BCUT2D eigenvalue weighted by atomic mass is 9.90. The monoisotopic (exact) mass is 282 g/mol. The zero-order chi connectivity index (χ0) is 11.7. The Bertz CT molecular complexity index is 410. The van der Waals surface area contributed by atoms with Crippen LogP contribution < -0.4 is 0 Å². The molecule has 16 heavy (non-hydrogen) atoms. The highest BCUT2D eigenvalue weighted by molar-refractivity contribution is 9.10. The Balaban J connectivity index is 2.24. The Morgan fingerprint density at radius 1 is 1.56 bits per heavy atom. The summed E-state index contributed by atoms with van der Waals surface area (Å²) in [6, 6.07) is 6.18. The Labute approximate surface area is 104 Å². The number of halogens is 1. The van der Waals surface area contributed by atoms with E-state index in [2.05, 4.69) is 34.1 Å². The average Bonchev–Trinajstić information content (AvgIpc) is 3.02. The molecule has 0 amide bonds. The molecule has 2 nitrogen and oxygen atoms in total. The standard InChI is InChI=1S/C13H15BrO2/c1-8-2-3-10(6-12(8)14)11(7-13(15)16)9-4-5-9/h2-3,6,9,11H,4-5,7H2,1H3,(H,15,16). The Morgan fingerprint density at radius 3 is 2.75 bits per heavy atom. The fourth-order valence-corrected chi connectivity index (χ4v) is 2.48. The van der Waals surface area contributed by atoms with E-state index in [0.717, 1.165) is 10.0 Å². The third-order valence-corrected chi connectivity index (χ3v) is 4.06. The molecule has 2 rings (SSSR count). The zero-order valence-corrected chi connectivity index (χ0v) is 10.8. The Kier molecular flexibility index (Phi) is 3.33. The zero-order valence-electron chi connectivity index (χ0n) is 9.24. The van der Waals surface area contributed by atoms with Gasteiger partial charge in [-0.3, -0.25) is 4.79 Å². The van der Waals surface area contributed by atoms with E-state index in [9.17, 15) is 4.79 Å². The number of carboxylic acids is 1. The van der Waals surface area contributed by atoms with Crippen LogP contribution in [0.4, 0.5) is 0 Å². The molecule has 1 aromatic carbocycles. The third kappa shape index (κ3) is 2.64. The van der Waals surface area contributed by atoms with E-state index in [1.54, 1.807) is 0 Å². The molecule has 1 aliphatic rings. The first-order chi connectivity index (χ1) is 7.58. The van der Waals surface area contributed by atoms with Gasteiger partial charge in [0.25, 0.3) is 0 Å². The molecule has 1 fully saturated rings. The lowest BCUT2D eigenvalue weighted by Gasteiger charge is -2.15. The molecule has 0 saturated heterocycles. The van der Waals surface area contributed by atoms with E-state index in [-0.39, 0.29) is 12.3 Å². The molecule has 0 spiro atoms. The van der Waals surface area contributed by atoms with Gasteiger partial charge in [0, 0.05) is 4.47 Å². The highest BCUT2D eigenvalue weighted by atomic mass is 79.9. The maximum atomic E-state index is 10.9. The van der Waals surface area contributed by atoms with Crippen LogP contribution in [-0.2, 0) is 4.79 Å². The van der Waals surface area contributed by atoms with Gasteiger partial charge in [-0.25, -0.2) is 0 Å². The van der Waals surface area contributed by atoms with Crippen LogP contribution in [0.1, 0.15) is 36.3 Å². The molecule has 0 bridgehead atoms. The maximum Gasteiger partial charge on any atom is 0.303 e. The van der Waals surface area contributed by atoms with Crippen molar-refractivity contribution in [3.63, 3.8) is 0 Å². The molecule has 0 heterocycles. The molecular weight excluding hydrogens is 268 g/mol. The fourth-order valence-electron chi connectivity index (χ4n) is 2.08. The molecule has 0 aromatic heterocycles. The van der Waals surface area contributed by atoms with E-state index in [1.165, 1.54) is 18.4 Å².